The molecule has 1 aromatic carbocycles. The third-order valence-corrected chi connectivity index (χ3v) is 4.74. The molecule has 0 aliphatic carbocycles. The Balaban J connectivity index is 1.73. The van der Waals surface area contributed by atoms with Crippen LogP contribution in [0, 0.1) is 11.8 Å². The zero-order valence-electron chi connectivity index (χ0n) is 12.4. The van der Waals surface area contributed by atoms with Crippen LogP contribution in [-0.4, -0.2) is 42.0 Å². The molecule has 114 valence electrons. The number of rotatable bonds is 6. The molecule has 3 nitrogen and oxygen atoms in total. The number of ether oxygens (including phenoxy) is 2. The van der Waals surface area contributed by atoms with Crippen LogP contribution in [0.3, 0.4) is 0 Å². The van der Waals surface area contributed by atoms with E-state index < -0.39 is 0 Å². The molecule has 0 amide bonds. The highest BCUT2D eigenvalue weighted by molar-refractivity contribution is 8.00. The molecule has 21 heavy (non-hydrogen) atoms. The molecule has 0 bridgehead atoms. The molecule has 2 rings (SSSR count). The minimum atomic E-state index is 0.101. The van der Waals surface area contributed by atoms with Crippen molar-refractivity contribution in [1.29, 1.82) is 0 Å². The Morgan fingerprint density at radius 3 is 3.14 bits per heavy atom. The summed E-state index contributed by atoms with van der Waals surface area (Å²) in [5, 5.41) is 9.31. The van der Waals surface area contributed by atoms with E-state index in [1.807, 2.05) is 36.0 Å². The van der Waals surface area contributed by atoms with Crippen LogP contribution in [0.4, 0.5) is 0 Å². The highest BCUT2D eigenvalue weighted by atomic mass is 32.2. The minimum absolute atomic E-state index is 0.101. The monoisotopic (exact) mass is 306 g/mol. The van der Waals surface area contributed by atoms with Gasteiger partial charge in [0, 0.05) is 29.6 Å². The first kappa shape index (κ1) is 16.2. The molecule has 0 aromatic heterocycles. The van der Waals surface area contributed by atoms with E-state index >= 15 is 0 Å². The van der Waals surface area contributed by atoms with E-state index in [2.05, 4.69) is 18.8 Å². The molecular formula is C17H22O3S. The predicted molar refractivity (Wildman–Crippen MR) is 86.8 cm³/mol. The van der Waals surface area contributed by atoms with Crippen LogP contribution < -0.4 is 4.74 Å². The Hall–Kier alpha value is -1.15. The van der Waals surface area contributed by atoms with Gasteiger partial charge in [-0.05, 0) is 31.5 Å². The van der Waals surface area contributed by atoms with Crippen molar-refractivity contribution in [2.45, 2.75) is 31.1 Å². The van der Waals surface area contributed by atoms with Crippen molar-refractivity contribution in [3.8, 4) is 17.6 Å². The Labute approximate surface area is 131 Å². The van der Waals surface area contributed by atoms with Gasteiger partial charge >= 0.3 is 0 Å². The molecule has 1 fully saturated rings. The number of benzene rings is 1. The van der Waals surface area contributed by atoms with Gasteiger partial charge in [0.15, 0.2) is 0 Å². The van der Waals surface area contributed by atoms with Crippen molar-refractivity contribution in [2.75, 3.05) is 25.6 Å². The van der Waals surface area contributed by atoms with Gasteiger partial charge in [-0.1, -0.05) is 17.9 Å². The second kappa shape index (κ2) is 8.99. The van der Waals surface area contributed by atoms with Gasteiger partial charge in [-0.25, -0.2) is 0 Å². The predicted octanol–water partition coefficient (Wildman–Crippen LogP) is 2.71. The van der Waals surface area contributed by atoms with Gasteiger partial charge in [0.25, 0.3) is 0 Å². The number of thioether (sulfide) groups is 1. The maximum Gasteiger partial charge on any atom is 0.120 e. The van der Waals surface area contributed by atoms with Crippen molar-refractivity contribution in [3.63, 3.8) is 0 Å². The van der Waals surface area contributed by atoms with E-state index in [1.54, 1.807) is 0 Å². The standard InChI is InChI=1S/C17H22O3S/c1-14-17(8-10-19-14)21-12-11-20-16-7-4-6-15(13-16)5-2-3-9-18/h4,6-7,13-14,17-18H,3,8-12H2,1H3. The number of aliphatic hydroxyl groups excluding tert-OH is 1. The Kier molecular flexibility index (Phi) is 6.94. The summed E-state index contributed by atoms with van der Waals surface area (Å²) >= 11 is 1.93. The molecule has 0 radical (unpaired) electrons. The quantitative estimate of drug-likeness (QED) is 0.648. The zero-order chi connectivity index (χ0) is 14.9. The summed E-state index contributed by atoms with van der Waals surface area (Å²) < 4.78 is 11.3. The molecule has 2 atom stereocenters. The molecule has 1 aliphatic rings. The average molecular weight is 306 g/mol. The zero-order valence-corrected chi connectivity index (χ0v) is 13.2. The highest BCUT2D eigenvalue weighted by Crippen LogP contribution is 2.26. The first-order valence-electron chi connectivity index (χ1n) is 7.35. The fourth-order valence-corrected chi connectivity index (χ4v) is 3.27. The van der Waals surface area contributed by atoms with Gasteiger partial charge in [-0.15, -0.1) is 0 Å². The molecule has 1 saturated heterocycles. The highest BCUT2D eigenvalue weighted by Gasteiger charge is 2.23. The maximum absolute atomic E-state index is 8.71. The maximum atomic E-state index is 8.71. The summed E-state index contributed by atoms with van der Waals surface area (Å²) in [6, 6.07) is 7.78. The van der Waals surface area contributed by atoms with Crippen molar-refractivity contribution < 1.29 is 14.6 Å². The van der Waals surface area contributed by atoms with E-state index in [4.69, 9.17) is 14.6 Å². The van der Waals surface area contributed by atoms with Crippen LogP contribution >= 0.6 is 11.8 Å². The van der Waals surface area contributed by atoms with E-state index in [9.17, 15) is 0 Å². The van der Waals surface area contributed by atoms with Crippen molar-refractivity contribution in [1.82, 2.24) is 0 Å². The Morgan fingerprint density at radius 2 is 2.38 bits per heavy atom. The van der Waals surface area contributed by atoms with Gasteiger partial charge < -0.3 is 14.6 Å². The van der Waals surface area contributed by atoms with Crippen LogP contribution in [0.25, 0.3) is 0 Å². The summed E-state index contributed by atoms with van der Waals surface area (Å²) in [7, 11) is 0. The largest absolute Gasteiger partial charge is 0.493 e. The summed E-state index contributed by atoms with van der Waals surface area (Å²) in [6.07, 6.45) is 2.01. The molecule has 4 heteroatoms. The summed E-state index contributed by atoms with van der Waals surface area (Å²) in [5.41, 5.74) is 0.923. The fraction of sp³-hybridized carbons (Fsp3) is 0.529. The smallest absolute Gasteiger partial charge is 0.120 e. The lowest BCUT2D eigenvalue weighted by molar-refractivity contribution is 0.127. The van der Waals surface area contributed by atoms with E-state index in [-0.39, 0.29) is 6.61 Å². The van der Waals surface area contributed by atoms with Crippen LogP contribution in [0.5, 0.6) is 5.75 Å². The van der Waals surface area contributed by atoms with Gasteiger partial charge in [0.05, 0.1) is 19.3 Å². The topological polar surface area (TPSA) is 38.7 Å². The lowest BCUT2D eigenvalue weighted by Gasteiger charge is -2.13. The van der Waals surface area contributed by atoms with Crippen molar-refractivity contribution in [3.05, 3.63) is 29.8 Å². The van der Waals surface area contributed by atoms with Gasteiger partial charge in [0.2, 0.25) is 0 Å². The Bertz CT molecular complexity index is 492. The molecular weight excluding hydrogens is 284 g/mol. The Morgan fingerprint density at radius 1 is 1.48 bits per heavy atom. The minimum Gasteiger partial charge on any atom is -0.493 e. The molecule has 1 aliphatic heterocycles. The number of hydrogen-bond acceptors (Lipinski definition) is 4. The average Bonchev–Trinajstić information content (AvgIpc) is 2.90. The summed E-state index contributed by atoms with van der Waals surface area (Å²) in [6.45, 7) is 3.82. The summed E-state index contributed by atoms with van der Waals surface area (Å²) in [4.78, 5) is 0. The number of hydrogen-bond donors (Lipinski definition) is 1. The van der Waals surface area contributed by atoms with Gasteiger partial charge in [-0.2, -0.15) is 11.8 Å². The molecule has 1 heterocycles. The first-order valence-corrected chi connectivity index (χ1v) is 8.40. The molecule has 1 N–H and O–H groups in total. The molecule has 2 unspecified atom stereocenters. The van der Waals surface area contributed by atoms with Crippen molar-refractivity contribution >= 4 is 11.8 Å². The van der Waals surface area contributed by atoms with Gasteiger partial charge in [0.1, 0.15) is 5.75 Å². The second-order valence-electron chi connectivity index (χ2n) is 4.93. The molecule has 1 aromatic rings. The van der Waals surface area contributed by atoms with Crippen LogP contribution in [0.1, 0.15) is 25.3 Å². The second-order valence-corrected chi connectivity index (χ2v) is 6.27. The van der Waals surface area contributed by atoms with Gasteiger partial charge in [-0.3, -0.25) is 0 Å². The summed E-state index contributed by atoms with van der Waals surface area (Å²) in [5.74, 6) is 7.75. The van der Waals surface area contributed by atoms with Crippen LogP contribution in [0.2, 0.25) is 0 Å². The normalized spacial score (nSPS) is 20.9. The third kappa shape index (κ3) is 5.62. The fourth-order valence-electron chi connectivity index (χ4n) is 2.17. The lowest BCUT2D eigenvalue weighted by Crippen LogP contribution is -2.15. The van der Waals surface area contributed by atoms with E-state index in [0.29, 0.717) is 24.4 Å². The van der Waals surface area contributed by atoms with E-state index in [1.165, 1.54) is 0 Å². The number of aliphatic hydroxyl groups is 1. The molecule has 0 saturated carbocycles. The van der Waals surface area contributed by atoms with Crippen LogP contribution in [-0.2, 0) is 4.74 Å². The van der Waals surface area contributed by atoms with Crippen molar-refractivity contribution in [2.24, 2.45) is 0 Å². The molecule has 0 spiro atoms. The lowest BCUT2D eigenvalue weighted by atomic mass is 10.2. The van der Waals surface area contributed by atoms with E-state index in [0.717, 1.165) is 30.1 Å². The third-order valence-electron chi connectivity index (χ3n) is 3.29. The first-order chi connectivity index (χ1) is 10.3. The SMILES string of the molecule is CC1OCCC1SCCOc1cccc(C#CCCO)c1. The van der Waals surface area contributed by atoms with Crippen LogP contribution in [0.15, 0.2) is 24.3 Å².